The zero-order valence-electron chi connectivity index (χ0n) is 11.3. The molecule has 1 aliphatic rings. The fourth-order valence-electron chi connectivity index (χ4n) is 1.70. The maximum Gasteiger partial charge on any atom is 0.303 e. The molecule has 2 N–H and O–H groups in total. The number of ether oxygens (including phenoxy) is 1. The van der Waals surface area contributed by atoms with Crippen LogP contribution in [0.25, 0.3) is 6.08 Å². The molecule has 1 saturated heterocycles. The molecule has 0 atom stereocenters. The molecule has 0 saturated carbocycles. The Balaban J connectivity index is 2.00. The molecule has 0 unspecified atom stereocenters. The van der Waals surface area contributed by atoms with Gasteiger partial charge in [0.15, 0.2) is 0 Å². The van der Waals surface area contributed by atoms with Crippen LogP contribution in [0.15, 0.2) is 27.6 Å². The number of benzene rings is 1. The van der Waals surface area contributed by atoms with E-state index in [1.165, 1.54) is 11.8 Å². The predicted octanol–water partition coefficient (Wildman–Crippen LogP) is 3.18. The van der Waals surface area contributed by atoms with Gasteiger partial charge in [-0.25, -0.2) is 0 Å². The van der Waals surface area contributed by atoms with Gasteiger partial charge >= 0.3 is 5.97 Å². The van der Waals surface area contributed by atoms with Crippen LogP contribution in [-0.4, -0.2) is 27.9 Å². The number of carbonyl (C=O) groups is 2. The summed E-state index contributed by atoms with van der Waals surface area (Å²) >= 11 is 9.56. The minimum absolute atomic E-state index is 0.0774. The first-order valence-corrected chi connectivity index (χ1v) is 8.36. The molecule has 116 valence electrons. The third kappa shape index (κ3) is 4.82. The monoisotopic (exact) mass is 401 g/mol. The van der Waals surface area contributed by atoms with Crippen LogP contribution in [0.2, 0.25) is 0 Å². The number of amides is 1. The molecule has 1 fully saturated rings. The highest BCUT2D eigenvalue weighted by Crippen LogP contribution is 2.30. The Kier molecular flexibility index (Phi) is 5.98. The van der Waals surface area contributed by atoms with Crippen molar-refractivity contribution < 1.29 is 19.4 Å². The molecule has 1 aromatic rings. The van der Waals surface area contributed by atoms with Crippen LogP contribution in [0.3, 0.4) is 0 Å². The van der Waals surface area contributed by atoms with Crippen LogP contribution >= 0.6 is 39.9 Å². The van der Waals surface area contributed by atoms with E-state index in [4.69, 9.17) is 22.1 Å². The molecule has 22 heavy (non-hydrogen) atoms. The van der Waals surface area contributed by atoms with Crippen LogP contribution < -0.4 is 10.1 Å². The van der Waals surface area contributed by atoms with Gasteiger partial charge < -0.3 is 15.2 Å². The number of carboxylic acid groups (broad SMARTS) is 1. The first-order chi connectivity index (χ1) is 10.5. The Bertz CT molecular complexity index is 660. The average molecular weight is 402 g/mol. The van der Waals surface area contributed by atoms with Crippen molar-refractivity contribution >= 4 is 62.2 Å². The lowest BCUT2D eigenvalue weighted by molar-refractivity contribution is -0.137. The van der Waals surface area contributed by atoms with Crippen molar-refractivity contribution in [1.82, 2.24) is 5.32 Å². The second-order valence-electron chi connectivity index (χ2n) is 4.39. The van der Waals surface area contributed by atoms with Crippen LogP contribution in [-0.2, 0) is 9.59 Å². The van der Waals surface area contributed by atoms with Gasteiger partial charge in [-0.15, -0.1) is 0 Å². The van der Waals surface area contributed by atoms with E-state index >= 15 is 0 Å². The highest BCUT2D eigenvalue weighted by molar-refractivity contribution is 9.10. The number of aliphatic carboxylic acids is 1. The van der Waals surface area contributed by atoms with E-state index in [-0.39, 0.29) is 12.3 Å². The first kappa shape index (κ1) is 17.0. The summed E-state index contributed by atoms with van der Waals surface area (Å²) in [4.78, 5) is 22.6. The average Bonchev–Trinajstić information content (AvgIpc) is 2.74. The van der Waals surface area contributed by atoms with Crippen LogP contribution in [0.1, 0.15) is 18.4 Å². The number of halogens is 1. The molecule has 5 nitrogen and oxygen atoms in total. The number of thiocarbonyl (C=S) groups is 1. The minimum Gasteiger partial charge on any atom is -0.492 e. The SMILES string of the molecule is O=C(O)CCCOc1ccc(/C=C2\SC(=S)NC2=O)cc1Br. The zero-order chi connectivity index (χ0) is 16.1. The lowest BCUT2D eigenvalue weighted by atomic mass is 10.2. The van der Waals surface area contributed by atoms with Crippen molar-refractivity contribution in [3.05, 3.63) is 33.1 Å². The largest absolute Gasteiger partial charge is 0.492 e. The smallest absolute Gasteiger partial charge is 0.303 e. The number of hydrogen-bond donors (Lipinski definition) is 2. The minimum atomic E-state index is -0.838. The number of nitrogens with one attached hydrogen (secondary N) is 1. The summed E-state index contributed by atoms with van der Waals surface area (Å²) in [7, 11) is 0. The standard InChI is InChI=1S/C14H12BrNO4S2/c15-9-6-8(7-11-13(19)16-14(21)22-11)3-4-10(9)20-5-1-2-12(17)18/h3-4,6-7H,1-2,5H2,(H,17,18)(H,16,19,21)/b11-7-. The number of hydrogen-bond acceptors (Lipinski definition) is 5. The number of thioether (sulfide) groups is 1. The zero-order valence-corrected chi connectivity index (χ0v) is 14.5. The van der Waals surface area contributed by atoms with E-state index in [1.807, 2.05) is 12.1 Å². The van der Waals surface area contributed by atoms with E-state index in [0.29, 0.717) is 28.0 Å². The quantitative estimate of drug-likeness (QED) is 0.433. The van der Waals surface area contributed by atoms with Crippen molar-refractivity contribution in [2.75, 3.05) is 6.61 Å². The molecule has 0 spiro atoms. The first-order valence-electron chi connectivity index (χ1n) is 6.34. The summed E-state index contributed by atoms with van der Waals surface area (Å²) in [6.07, 6.45) is 2.27. The Morgan fingerprint density at radius 2 is 2.27 bits per heavy atom. The van der Waals surface area contributed by atoms with Crippen molar-refractivity contribution in [2.45, 2.75) is 12.8 Å². The number of rotatable bonds is 6. The second-order valence-corrected chi connectivity index (χ2v) is 6.96. The third-order valence-corrected chi connectivity index (χ3v) is 4.47. The Hall–Kier alpha value is -1.38. The van der Waals surface area contributed by atoms with Gasteiger partial charge in [0, 0.05) is 6.42 Å². The lowest BCUT2D eigenvalue weighted by Crippen LogP contribution is -2.17. The fourth-order valence-corrected chi connectivity index (χ4v) is 3.26. The summed E-state index contributed by atoms with van der Waals surface area (Å²) in [6.45, 7) is 0.331. The van der Waals surface area contributed by atoms with Gasteiger partial charge in [0.25, 0.3) is 5.91 Å². The number of carbonyl (C=O) groups excluding carboxylic acids is 1. The maximum atomic E-state index is 11.6. The summed E-state index contributed by atoms with van der Waals surface area (Å²) in [5.74, 6) is -0.401. The Morgan fingerprint density at radius 3 is 2.86 bits per heavy atom. The molecule has 1 aliphatic heterocycles. The third-order valence-electron chi connectivity index (χ3n) is 2.69. The van der Waals surface area contributed by atoms with Crippen molar-refractivity contribution in [2.24, 2.45) is 0 Å². The van der Waals surface area contributed by atoms with Gasteiger partial charge in [-0.3, -0.25) is 9.59 Å². The van der Waals surface area contributed by atoms with Gasteiger partial charge in [-0.05, 0) is 46.1 Å². The normalized spacial score (nSPS) is 16.0. The summed E-state index contributed by atoms with van der Waals surface area (Å²) in [5.41, 5.74) is 0.840. The molecular weight excluding hydrogens is 390 g/mol. The van der Waals surface area contributed by atoms with E-state index in [1.54, 1.807) is 12.1 Å². The van der Waals surface area contributed by atoms with E-state index in [0.717, 1.165) is 10.0 Å². The van der Waals surface area contributed by atoms with Gasteiger partial charge in [0.1, 0.15) is 10.1 Å². The highest BCUT2D eigenvalue weighted by atomic mass is 79.9. The van der Waals surface area contributed by atoms with Crippen LogP contribution in [0, 0.1) is 0 Å². The lowest BCUT2D eigenvalue weighted by Gasteiger charge is -2.08. The molecule has 1 aromatic carbocycles. The highest BCUT2D eigenvalue weighted by Gasteiger charge is 2.21. The summed E-state index contributed by atoms with van der Waals surface area (Å²) in [6, 6.07) is 5.42. The molecule has 1 heterocycles. The number of carboxylic acids is 1. The molecule has 1 amide bonds. The molecule has 8 heteroatoms. The van der Waals surface area contributed by atoms with E-state index in [2.05, 4.69) is 21.2 Å². The summed E-state index contributed by atoms with van der Waals surface area (Å²) in [5, 5.41) is 11.1. The molecule has 2 rings (SSSR count). The molecule has 0 bridgehead atoms. The van der Waals surface area contributed by atoms with Crippen LogP contribution in [0.4, 0.5) is 0 Å². The molecular formula is C14H12BrNO4S2. The van der Waals surface area contributed by atoms with Crippen molar-refractivity contribution in [1.29, 1.82) is 0 Å². The Labute approximate surface area is 145 Å². The van der Waals surface area contributed by atoms with Crippen molar-refractivity contribution in [3.63, 3.8) is 0 Å². The van der Waals surface area contributed by atoms with E-state index < -0.39 is 5.97 Å². The van der Waals surface area contributed by atoms with E-state index in [9.17, 15) is 9.59 Å². The molecule has 0 aliphatic carbocycles. The molecule has 0 radical (unpaired) electrons. The topological polar surface area (TPSA) is 75.6 Å². The predicted molar refractivity (Wildman–Crippen MR) is 92.8 cm³/mol. The maximum absolute atomic E-state index is 11.6. The van der Waals surface area contributed by atoms with Gasteiger partial charge in [0.05, 0.1) is 16.0 Å². The molecule has 0 aromatic heterocycles. The van der Waals surface area contributed by atoms with Gasteiger partial charge in [-0.1, -0.05) is 30.0 Å². The Morgan fingerprint density at radius 1 is 1.50 bits per heavy atom. The van der Waals surface area contributed by atoms with Crippen molar-refractivity contribution in [3.8, 4) is 5.75 Å². The summed E-state index contributed by atoms with van der Waals surface area (Å²) < 4.78 is 6.71. The second kappa shape index (κ2) is 7.75. The fraction of sp³-hybridized carbons (Fsp3) is 0.214. The van der Waals surface area contributed by atoms with Gasteiger partial charge in [0.2, 0.25) is 0 Å². The van der Waals surface area contributed by atoms with Gasteiger partial charge in [-0.2, -0.15) is 0 Å². The van der Waals surface area contributed by atoms with Crippen LogP contribution in [0.5, 0.6) is 5.75 Å².